The number of thiazole rings is 1. The molecule has 27 heavy (non-hydrogen) atoms. The fourth-order valence-electron chi connectivity index (χ4n) is 3.27. The first-order chi connectivity index (χ1) is 13.1. The van der Waals surface area contributed by atoms with E-state index in [0.717, 1.165) is 49.7 Å². The van der Waals surface area contributed by atoms with Crippen LogP contribution in [0.3, 0.4) is 0 Å². The van der Waals surface area contributed by atoms with Crippen molar-refractivity contribution in [1.29, 1.82) is 0 Å². The summed E-state index contributed by atoms with van der Waals surface area (Å²) in [6, 6.07) is 4.53. The highest BCUT2D eigenvalue weighted by Crippen LogP contribution is 2.28. The smallest absolute Gasteiger partial charge is 0.244 e. The van der Waals surface area contributed by atoms with E-state index in [4.69, 9.17) is 0 Å². The van der Waals surface area contributed by atoms with Gasteiger partial charge in [-0.05, 0) is 37.7 Å². The minimum Gasteiger partial charge on any atom is -0.369 e. The van der Waals surface area contributed by atoms with E-state index in [-0.39, 0.29) is 17.8 Å². The van der Waals surface area contributed by atoms with E-state index in [1.807, 2.05) is 18.4 Å². The zero-order valence-corrected chi connectivity index (χ0v) is 16.5. The molecule has 7 heteroatoms. The van der Waals surface area contributed by atoms with Gasteiger partial charge in [0, 0.05) is 48.9 Å². The van der Waals surface area contributed by atoms with Crippen LogP contribution in [0.1, 0.15) is 31.1 Å². The van der Waals surface area contributed by atoms with Crippen LogP contribution in [0.2, 0.25) is 0 Å². The van der Waals surface area contributed by atoms with Crippen LogP contribution in [-0.2, 0) is 4.79 Å². The second-order valence-electron chi connectivity index (χ2n) is 6.60. The quantitative estimate of drug-likeness (QED) is 0.772. The molecule has 1 aliphatic rings. The summed E-state index contributed by atoms with van der Waals surface area (Å²) in [5.41, 5.74) is 4.26. The van der Waals surface area contributed by atoms with E-state index in [2.05, 4.69) is 27.0 Å². The number of rotatable bonds is 6. The Kier molecular flexibility index (Phi) is 6.58. The molecule has 1 fully saturated rings. The molecule has 1 aromatic carbocycles. The zero-order chi connectivity index (χ0) is 19.2. The minimum absolute atomic E-state index is 0.221. The Labute approximate surface area is 163 Å². The number of aromatic nitrogens is 1. The summed E-state index contributed by atoms with van der Waals surface area (Å²) in [6.07, 6.45) is 3.14. The number of carbonyl (C=O) groups is 1. The number of hydrogen-bond acceptors (Lipinski definition) is 5. The van der Waals surface area contributed by atoms with E-state index < -0.39 is 0 Å². The standard InChI is InChI=1S/C20H25FN4OS/c1-3-24-8-10-25(11-9-24)19-6-4-16(21)12-18(19)15(2)23-20(26)7-5-17-13-27-14-22-17/h4-7,12-15H,3,8-11H2,1-2H3,(H,23,26)/b7-5+. The molecule has 1 aliphatic heterocycles. The Hall–Kier alpha value is -2.25. The Morgan fingerprint density at radius 1 is 1.37 bits per heavy atom. The number of amides is 1. The number of likely N-dealkylation sites (N-methyl/N-ethyl adjacent to an activating group) is 1. The molecule has 1 saturated heterocycles. The van der Waals surface area contributed by atoms with Gasteiger partial charge in [-0.25, -0.2) is 9.37 Å². The van der Waals surface area contributed by atoms with Gasteiger partial charge in [0.2, 0.25) is 5.91 Å². The minimum atomic E-state index is -0.299. The summed E-state index contributed by atoms with van der Waals surface area (Å²) < 4.78 is 13.9. The summed E-state index contributed by atoms with van der Waals surface area (Å²) in [4.78, 5) is 21.0. The maximum Gasteiger partial charge on any atom is 0.244 e. The summed E-state index contributed by atoms with van der Waals surface area (Å²) in [7, 11) is 0. The molecule has 0 aliphatic carbocycles. The first-order valence-electron chi connectivity index (χ1n) is 9.20. The first kappa shape index (κ1) is 19.5. The molecule has 1 atom stereocenters. The molecule has 1 amide bonds. The average Bonchev–Trinajstić information content (AvgIpc) is 3.20. The van der Waals surface area contributed by atoms with Crippen LogP contribution in [0.4, 0.5) is 10.1 Å². The van der Waals surface area contributed by atoms with Gasteiger partial charge in [-0.2, -0.15) is 0 Å². The van der Waals surface area contributed by atoms with E-state index in [9.17, 15) is 9.18 Å². The molecule has 0 bridgehead atoms. The SMILES string of the molecule is CCN1CCN(c2ccc(F)cc2C(C)NC(=O)/C=C/c2cscn2)CC1. The molecule has 5 nitrogen and oxygen atoms in total. The molecule has 3 rings (SSSR count). The summed E-state index contributed by atoms with van der Waals surface area (Å²) in [5, 5.41) is 4.80. The molecular weight excluding hydrogens is 363 g/mol. The summed E-state index contributed by atoms with van der Waals surface area (Å²) in [5.74, 6) is -0.512. The molecule has 0 radical (unpaired) electrons. The second-order valence-corrected chi connectivity index (χ2v) is 7.32. The van der Waals surface area contributed by atoms with Gasteiger partial charge in [-0.3, -0.25) is 4.79 Å². The van der Waals surface area contributed by atoms with Crippen molar-refractivity contribution in [3.8, 4) is 0 Å². The van der Waals surface area contributed by atoms with Crippen LogP contribution in [-0.4, -0.2) is 48.5 Å². The molecule has 1 N–H and O–H groups in total. The molecule has 1 aromatic heterocycles. The monoisotopic (exact) mass is 388 g/mol. The highest BCUT2D eigenvalue weighted by Gasteiger charge is 2.21. The summed E-state index contributed by atoms with van der Waals surface area (Å²) >= 11 is 1.48. The molecular formula is C20H25FN4OS. The van der Waals surface area contributed by atoms with Crippen LogP contribution in [0, 0.1) is 5.82 Å². The molecule has 0 spiro atoms. The highest BCUT2D eigenvalue weighted by molar-refractivity contribution is 7.07. The van der Waals surface area contributed by atoms with Gasteiger partial charge in [0.1, 0.15) is 5.82 Å². The van der Waals surface area contributed by atoms with Gasteiger partial charge in [-0.15, -0.1) is 11.3 Å². The fourth-order valence-corrected chi connectivity index (χ4v) is 3.79. The third-order valence-electron chi connectivity index (χ3n) is 4.83. The van der Waals surface area contributed by atoms with Crippen LogP contribution in [0.15, 0.2) is 35.2 Å². The maximum absolute atomic E-state index is 13.9. The lowest BCUT2D eigenvalue weighted by molar-refractivity contribution is -0.117. The second kappa shape index (κ2) is 9.10. The fraction of sp³-hybridized carbons (Fsp3) is 0.400. The van der Waals surface area contributed by atoms with Crippen molar-refractivity contribution in [3.05, 3.63) is 52.2 Å². The number of nitrogens with one attached hydrogen (secondary N) is 1. The molecule has 2 aromatic rings. The van der Waals surface area contributed by atoms with Crippen LogP contribution < -0.4 is 10.2 Å². The highest BCUT2D eigenvalue weighted by atomic mass is 32.1. The van der Waals surface area contributed by atoms with Gasteiger partial charge in [-0.1, -0.05) is 6.92 Å². The van der Waals surface area contributed by atoms with Crippen molar-refractivity contribution in [3.63, 3.8) is 0 Å². The van der Waals surface area contributed by atoms with Crippen molar-refractivity contribution in [2.75, 3.05) is 37.6 Å². The number of carbonyl (C=O) groups excluding carboxylic acids is 1. The summed E-state index contributed by atoms with van der Waals surface area (Å²) in [6.45, 7) is 8.87. The van der Waals surface area contributed by atoms with Crippen molar-refractivity contribution in [2.24, 2.45) is 0 Å². The van der Waals surface area contributed by atoms with Gasteiger partial charge in [0.05, 0.1) is 17.2 Å². The lowest BCUT2D eigenvalue weighted by Gasteiger charge is -2.37. The van der Waals surface area contributed by atoms with Crippen LogP contribution in [0.25, 0.3) is 6.08 Å². The van der Waals surface area contributed by atoms with E-state index >= 15 is 0 Å². The largest absolute Gasteiger partial charge is 0.369 e. The van der Waals surface area contributed by atoms with Gasteiger partial charge < -0.3 is 15.1 Å². The normalized spacial score (nSPS) is 16.6. The molecule has 1 unspecified atom stereocenters. The van der Waals surface area contributed by atoms with Crippen molar-refractivity contribution in [2.45, 2.75) is 19.9 Å². The van der Waals surface area contributed by atoms with Crippen LogP contribution >= 0.6 is 11.3 Å². The predicted molar refractivity (Wildman–Crippen MR) is 108 cm³/mol. The van der Waals surface area contributed by atoms with Gasteiger partial charge >= 0.3 is 0 Å². The predicted octanol–water partition coefficient (Wildman–Crippen LogP) is 3.31. The Morgan fingerprint density at radius 3 is 2.81 bits per heavy atom. The van der Waals surface area contributed by atoms with Crippen molar-refractivity contribution < 1.29 is 9.18 Å². The topological polar surface area (TPSA) is 48.5 Å². The van der Waals surface area contributed by atoms with Crippen molar-refractivity contribution >= 4 is 29.0 Å². The van der Waals surface area contributed by atoms with Gasteiger partial charge in [0.25, 0.3) is 0 Å². The zero-order valence-electron chi connectivity index (χ0n) is 15.7. The van der Waals surface area contributed by atoms with E-state index in [1.54, 1.807) is 11.6 Å². The van der Waals surface area contributed by atoms with Crippen molar-refractivity contribution in [1.82, 2.24) is 15.2 Å². The lowest BCUT2D eigenvalue weighted by Crippen LogP contribution is -2.46. The number of nitrogens with zero attached hydrogens (tertiary/aromatic N) is 3. The Bertz CT molecular complexity index is 785. The van der Waals surface area contributed by atoms with Crippen LogP contribution in [0.5, 0.6) is 0 Å². The molecule has 144 valence electrons. The third kappa shape index (κ3) is 5.14. The number of halogens is 1. The Balaban J connectivity index is 1.71. The number of piperazine rings is 1. The number of benzene rings is 1. The first-order valence-corrected chi connectivity index (χ1v) is 10.1. The number of hydrogen-bond donors (Lipinski definition) is 1. The van der Waals surface area contributed by atoms with E-state index in [1.165, 1.54) is 29.5 Å². The number of anilines is 1. The van der Waals surface area contributed by atoms with E-state index in [0.29, 0.717) is 0 Å². The molecule has 0 saturated carbocycles. The third-order valence-corrected chi connectivity index (χ3v) is 5.44. The Morgan fingerprint density at radius 2 is 2.15 bits per heavy atom. The van der Waals surface area contributed by atoms with Gasteiger partial charge in [0.15, 0.2) is 0 Å². The average molecular weight is 389 g/mol. The lowest BCUT2D eigenvalue weighted by atomic mass is 10.0. The molecule has 2 heterocycles. The maximum atomic E-state index is 13.9.